The second-order valence-electron chi connectivity index (χ2n) is 8.94. The molecule has 11 heteroatoms. The number of fused-ring (bicyclic) bond motifs is 2. The third-order valence-corrected chi connectivity index (χ3v) is 8.59. The second kappa shape index (κ2) is 6.68. The Morgan fingerprint density at radius 2 is 1.94 bits per heavy atom. The van der Waals surface area contributed by atoms with E-state index >= 15 is 0 Å². The molecule has 0 bridgehead atoms. The van der Waals surface area contributed by atoms with Crippen molar-refractivity contribution in [3.05, 3.63) is 34.9 Å². The minimum Gasteiger partial charge on any atom is -0.323 e. The maximum atomic E-state index is 13.2. The molecular formula is C20H22N4O6S. The number of amides is 4. The van der Waals surface area contributed by atoms with Crippen LogP contribution >= 0.6 is 0 Å². The molecule has 0 radical (unpaired) electrons. The zero-order chi connectivity index (χ0) is 22.1. The lowest BCUT2D eigenvalue weighted by atomic mass is 9.92. The van der Waals surface area contributed by atoms with Crippen molar-refractivity contribution in [1.82, 2.24) is 15.1 Å². The Morgan fingerprint density at radius 3 is 2.65 bits per heavy atom. The molecule has 4 aliphatic rings. The summed E-state index contributed by atoms with van der Waals surface area (Å²) >= 11 is 0. The second-order valence-corrected chi connectivity index (χ2v) is 11.1. The molecule has 10 nitrogen and oxygen atoms in total. The lowest BCUT2D eigenvalue weighted by molar-refractivity contribution is -0.136. The Labute approximate surface area is 178 Å². The van der Waals surface area contributed by atoms with E-state index in [4.69, 9.17) is 5.73 Å². The van der Waals surface area contributed by atoms with Gasteiger partial charge in [-0.1, -0.05) is 12.1 Å². The summed E-state index contributed by atoms with van der Waals surface area (Å²) in [5.74, 6) is -2.30. The molecule has 5 rings (SSSR count). The summed E-state index contributed by atoms with van der Waals surface area (Å²) in [6, 6.07) is 3.99. The fourth-order valence-corrected chi connectivity index (χ4v) is 7.65. The van der Waals surface area contributed by atoms with E-state index in [1.54, 1.807) is 18.2 Å². The van der Waals surface area contributed by atoms with Crippen molar-refractivity contribution in [1.29, 1.82) is 0 Å². The highest BCUT2D eigenvalue weighted by molar-refractivity contribution is 7.91. The van der Waals surface area contributed by atoms with Crippen LogP contribution in [0.4, 0.5) is 0 Å². The van der Waals surface area contributed by atoms with Crippen molar-refractivity contribution < 1.29 is 27.6 Å². The van der Waals surface area contributed by atoms with E-state index in [9.17, 15) is 27.6 Å². The first-order chi connectivity index (χ1) is 14.6. The molecule has 1 aromatic rings. The summed E-state index contributed by atoms with van der Waals surface area (Å²) in [5, 5.41) is 2.19. The van der Waals surface area contributed by atoms with Crippen molar-refractivity contribution in [2.75, 3.05) is 24.6 Å². The highest BCUT2D eigenvalue weighted by Crippen LogP contribution is 2.36. The Hall–Kier alpha value is -2.63. The summed E-state index contributed by atoms with van der Waals surface area (Å²) in [4.78, 5) is 52.8. The molecule has 3 N–H and O–H groups in total. The van der Waals surface area contributed by atoms with Crippen LogP contribution in [-0.2, 0) is 26.0 Å². The average molecular weight is 446 g/mol. The number of imide groups is 2. The number of carbonyl (C=O) groups is 4. The van der Waals surface area contributed by atoms with Gasteiger partial charge in [-0.05, 0) is 18.1 Å². The highest BCUT2D eigenvalue weighted by Gasteiger charge is 2.53. The van der Waals surface area contributed by atoms with E-state index < -0.39 is 45.0 Å². The van der Waals surface area contributed by atoms with Gasteiger partial charge in [0.05, 0.1) is 22.6 Å². The minimum atomic E-state index is -3.13. The number of nitrogens with two attached hydrogens (primary N) is 1. The molecule has 4 heterocycles. The van der Waals surface area contributed by atoms with Gasteiger partial charge in [-0.25, -0.2) is 8.42 Å². The molecular weight excluding hydrogens is 424 g/mol. The van der Waals surface area contributed by atoms with Crippen molar-refractivity contribution in [2.45, 2.75) is 31.0 Å². The Bertz CT molecular complexity index is 1150. The highest BCUT2D eigenvalue weighted by atomic mass is 32.2. The summed E-state index contributed by atoms with van der Waals surface area (Å²) in [5.41, 5.74) is 6.70. The molecule has 0 saturated carbocycles. The van der Waals surface area contributed by atoms with Gasteiger partial charge in [0.25, 0.3) is 11.8 Å². The normalized spacial score (nSPS) is 32.4. The zero-order valence-corrected chi connectivity index (χ0v) is 17.5. The van der Waals surface area contributed by atoms with Crippen LogP contribution in [-0.4, -0.2) is 78.0 Å². The van der Waals surface area contributed by atoms with Gasteiger partial charge in [0.2, 0.25) is 11.8 Å². The van der Waals surface area contributed by atoms with Gasteiger partial charge in [0.15, 0.2) is 9.84 Å². The number of hydrogen-bond donors (Lipinski definition) is 2. The van der Waals surface area contributed by atoms with E-state index in [0.717, 1.165) is 4.90 Å². The Balaban J connectivity index is 1.39. The number of carbonyl (C=O) groups excluding carboxylic acids is 4. The van der Waals surface area contributed by atoms with E-state index in [0.29, 0.717) is 25.2 Å². The number of piperidine rings is 1. The van der Waals surface area contributed by atoms with Gasteiger partial charge < -0.3 is 5.73 Å². The van der Waals surface area contributed by atoms with Crippen LogP contribution in [0.25, 0.3) is 0 Å². The molecule has 0 aromatic heterocycles. The fourth-order valence-electron chi connectivity index (χ4n) is 5.34. The quantitative estimate of drug-likeness (QED) is 0.542. The zero-order valence-electron chi connectivity index (χ0n) is 16.7. The lowest BCUT2D eigenvalue weighted by Gasteiger charge is -2.28. The number of likely N-dealkylation sites (tertiary alicyclic amines) is 1. The first kappa shape index (κ1) is 20.3. The molecule has 164 valence electrons. The number of benzene rings is 1. The van der Waals surface area contributed by atoms with E-state index in [1.807, 2.05) is 4.90 Å². The topological polar surface area (TPSA) is 147 Å². The largest absolute Gasteiger partial charge is 0.323 e. The third-order valence-electron chi connectivity index (χ3n) is 6.70. The lowest BCUT2D eigenvalue weighted by Crippen LogP contribution is -2.54. The SMILES string of the molecule is NC12CN(Cc3cccc4c3C(=O)N(C3CCC(=O)NC3=O)C4=O)CC1CS(=O)(=O)C2. The van der Waals surface area contributed by atoms with Crippen molar-refractivity contribution >= 4 is 33.5 Å². The molecule has 0 aliphatic carbocycles. The maximum Gasteiger partial charge on any atom is 0.262 e. The fraction of sp³-hybridized carbons (Fsp3) is 0.500. The van der Waals surface area contributed by atoms with Gasteiger partial charge in [-0.2, -0.15) is 0 Å². The van der Waals surface area contributed by atoms with Crippen LogP contribution < -0.4 is 11.1 Å². The standard InChI is InChI=1S/C20H22N4O6S/c21-20-9-23(7-12(20)8-31(29,30)10-20)6-11-2-1-3-13-16(11)19(28)24(18(13)27)14-4-5-15(25)22-17(14)26/h1-3,12,14H,4-10,21H2,(H,22,25,26). The van der Waals surface area contributed by atoms with Crippen LogP contribution in [0, 0.1) is 5.92 Å². The predicted octanol–water partition coefficient (Wildman–Crippen LogP) is -1.35. The molecule has 0 spiro atoms. The first-order valence-electron chi connectivity index (χ1n) is 10.1. The number of nitrogens with one attached hydrogen (secondary N) is 1. The number of rotatable bonds is 3. The van der Waals surface area contributed by atoms with Crippen molar-refractivity contribution in [2.24, 2.45) is 11.7 Å². The minimum absolute atomic E-state index is 0.0469. The van der Waals surface area contributed by atoms with Gasteiger partial charge in [-0.3, -0.25) is 34.3 Å². The summed E-state index contributed by atoms with van der Waals surface area (Å²) < 4.78 is 23.9. The third kappa shape index (κ3) is 3.19. The van der Waals surface area contributed by atoms with Crippen LogP contribution in [0.15, 0.2) is 18.2 Å². The smallest absolute Gasteiger partial charge is 0.262 e. The van der Waals surface area contributed by atoms with Crippen LogP contribution in [0.2, 0.25) is 0 Å². The summed E-state index contributed by atoms with van der Waals surface area (Å²) in [6.07, 6.45) is 0.163. The summed E-state index contributed by atoms with van der Waals surface area (Å²) in [6.45, 7) is 1.23. The molecule has 4 aliphatic heterocycles. The monoisotopic (exact) mass is 446 g/mol. The molecule has 3 unspecified atom stereocenters. The van der Waals surface area contributed by atoms with Crippen LogP contribution in [0.1, 0.15) is 39.1 Å². The molecule has 3 saturated heterocycles. The van der Waals surface area contributed by atoms with Gasteiger partial charge in [-0.15, -0.1) is 0 Å². The van der Waals surface area contributed by atoms with Gasteiger partial charge in [0.1, 0.15) is 6.04 Å². The summed E-state index contributed by atoms with van der Waals surface area (Å²) in [7, 11) is -3.13. The van der Waals surface area contributed by atoms with Crippen molar-refractivity contribution in [3.63, 3.8) is 0 Å². The predicted molar refractivity (Wildman–Crippen MR) is 107 cm³/mol. The van der Waals surface area contributed by atoms with Crippen molar-refractivity contribution in [3.8, 4) is 0 Å². The van der Waals surface area contributed by atoms with Crippen LogP contribution in [0.5, 0.6) is 0 Å². The van der Waals surface area contributed by atoms with E-state index in [-0.39, 0.29) is 41.4 Å². The van der Waals surface area contributed by atoms with E-state index in [1.165, 1.54) is 0 Å². The molecule has 3 fully saturated rings. The average Bonchev–Trinajstić information content (AvgIpc) is 3.18. The molecule has 31 heavy (non-hydrogen) atoms. The number of sulfone groups is 1. The molecule has 3 atom stereocenters. The Morgan fingerprint density at radius 1 is 1.16 bits per heavy atom. The first-order valence-corrected chi connectivity index (χ1v) is 12.0. The van der Waals surface area contributed by atoms with Crippen LogP contribution in [0.3, 0.4) is 0 Å². The Kier molecular flexibility index (Phi) is 4.37. The molecule has 1 aromatic carbocycles. The van der Waals surface area contributed by atoms with Gasteiger partial charge >= 0.3 is 0 Å². The molecule has 4 amide bonds. The number of hydrogen-bond acceptors (Lipinski definition) is 8. The maximum absolute atomic E-state index is 13.2. The van der Waals surface area contributed by atoms with E-state index in [2.05, 4.69) is 5.32 Å². The number of nitrogens with zero attached hydrogens (tertiary/aromatic N) is 2. The van der Waals surface area contributed by atoms with Gasteiger partial charge in [0, 0.05) is 37.5 Å².